The lowest BCUT2D eigenvalue weighted by Gasteiger charge is -2.30. The van der Waals surface area contributed by atoms with Gasteiger partial charge in [-0.05, 0) is 61.7 Å². The van der Waals surface area contributed by atoms with Crippen LogP contribution in [0.4, 0.5) is 15.9 Å². The van der Waals surface area contributed by atoms with Crippen molar-refractivity contribution in [3.05, 3.63) is 53.2 Å². The van der Waals surface area contributed by atoms with Gasteiger partial charge in [0.1, 0.15) is 17.7 Å². The first-order valence-corrected chi connectivity index (χ1v) is 9.57. The number of piperidine rings is 1. The van der Waals surface area contributed by atoms with Crippen LogP contribution in [0.3, 0.4) is 0 Å². The number of aromatic nitrogens is 3. The van der Waals surface area contributed by atoms with Crippen molar-refractivity contribution in [3.8, 4) is 12.8 Å². The molecule has 5 nitrogen and oxygen atoms in total. The number of terminal acetylenes is 1. The summed E-state index contributed by atoms with van der Waals surface area (Å²) in [5.41, 5.74) is 2.80. The summed E-state index contributed by atoms with van der Waals surface area (Å²) >= 11 is 5.89. The van der Waals surface area contributed by atoms with E-state index >= 15 is 0 Å². The van der Waals surface area contributed by atoms with Crippen LogP contribution in [-0.2, 0) is 6.54 Å². The maximum absolute atomic E-state index is 13.4. The van der Waals surface area contributed by atoms with E-state index in [4.69, 9.17) is 11.6 Å². The van der Waals surface area contributed by atoms with Gasteiger partial charge in [0.2, 0.25) is 0 Å². The lowest BCUT2D eigenvalue weighted by Crippen LogP contribution is -2.32. The Balaban J connectivity index is 0.00000109. The number of likely N-dealkylation sites (tertiary alicyclic amines) is 1. The summed E-state index contributed by atoms with van der Waals surface area (Å²) < 4.78 is 15.2. The van der Waals surface area contributed by atoms with E-state index in [0.29, 0.717) is 11.5 Å². The average molecular weight is 400 g/mol. The quantitative estimate of drug-likeness (QED) is 0.643. The molecule has 0 bridgehead atoms. The molecule has 1 saturated heterocycles. The first kappa shape index (κ1) is 20.1. The Bertz CT molecular complexity index is 960. The molecule has 1 aliphatic heterocycles. The molecule has 3 heterocycles. The molecule has 146 valence electrons. The van der Waals surface area contributed by atoms with E-state index in [1.807, 2.05) is 10.7 Å². The third-order valence-electron chi connectivity index (χ3n) is 4.99. The van der Waals surface area contributed by atoms with Crippen LogP contribution in [0.25, 0.3) is 5.52 Å². The molecule has 0 radical (unpaired) electrons. The van der Waals surface area contributed by atoms with Crippen molar-refractivity contribution < 1.29 is 4.39 Å². The monoisotopic (exact) mass is 399 g/mol. The van der Waals surface area contributed by atoms with Crippen molar-refractivity contribution in [2.75, 3.05) is 18.4 Å². The lowest BCUT2D eigenvalue weighted by molar-refractivity contribution is 0.186. The van der Waals surface area contributed by atoms with Gasteiger partial charge in [0.15, 0.2) is 5.82 Å². The Hall–Kier alpha value is -2.62. The SMILES string of the molecule is C#C.CC1CCN(Cc2ccn3ncnc(Nc4ccc(F)c(Cl)c4)c23)CC1. The molecule has 28 heavy (non-hydrogen) atoms. The van der Waals surface area contributed by atoms with Gasteiger partial charge in [-0.25, -0.2) is 13.9 Å². The second-order valence-electron chi connectivity index (χ2n) is 6.96. The third-order valence-corrected chi connectivity index (χ3v) is 5.28. The van der Waals surface area contributed by atoms with Crippen LogP contribution in [-0.4, -0.2) is 32.6 Å². The molecule has 0 atom stereocenters. The van der Waals surface area contributed by atoms with Gasteiger partial charge in [-0.15, -0.1) is 12.8 Å². The number of hydrogen-bond donors (Lipinski definition) is 1. The van der Waals surface area contributed by atoms with Crippen molar-refractivity contribution in [2.45, 2.75) is 26.3 Å². The standard InChI is InChI=1S/C19H21ClFN5.C2H2/c1-13-4-7-25(8-5-13)11-14-6-9-26-18(14)19(22-12-23-26)24-15-2-3-17(21)16(20)10-15;1-2/h2-3,6,9-10,12-13H,4-5,7-8,11H2,1H3,(H,22,23,24);1-2H. The minimum absolute atomic E-state index is 0.0816. The van der Waals surface area contributed by atoms with Gasteiger partial charge in [0.25, 0.3) is 0 Å². The summed E-state index contributed by atoms with van der Waals surface area (Å²) in [6.45, 7) is 5.41. The predicted octanol–water partition coefficient (Wildman–Crippen LogP) is 4.75. The number of fused-ring (bicyclic) bond motifs is 1. The minimum atomic E-state index is -0.437. The van der Waals surface area contributed by atoms with E-state index in [-0.39, 0.29) is 5.02 Å². The maximum atomic E-state index is 13.4. The summed E-state index contributed by atoms with van der Waals surface area (Å²) in [4.78, 5) is 6.87. The molecular weight excluding hydrogens is 377 g/mol. The highest BCUT2D eigenvalue weighted by Crippen LogP contribution is 2.27. The zero-order valence-corrected chi connectivity index (χ0v) is 16.5. The van der Waals surface area contributed by atoms with Crippen LogP contribution < -0.4 is 5.32 Å². The molecule has 0 amide bonds. The molecule has 1 N–H and O–H groups in total. The van der Waals surface area contributed by atoms with Gasteiger partial charge >= 0.3 is 0 Å². The third kappa shape index (κ3) is 4.44. The molecule has 1 aromatic carbocycles. The van der Waals surface area contributed by atoms with Crippen LogP contribution in [0.1, 0.15) is 25.3 Å². The number of anilines is 2. The fourth-order valence-corrected chi connectivity index (χ4v) is 3.59. The highest BCUT2D eigenvalue weighted by Gasteiger charge is 2.18. The van der Waals surface area contributed by atoms with E-state index in [0.717, 1.165) is 31.1 Å². The first-order valence-electron chi connectivity index (χ1n) is 9.19. The summed E-state index contributed by atoms with van der Waals surface area (Å²) in [6.07, 6.45) is 13.9. The normalized spacial score (nSPS) is 15.2. The van der Waals surface area contributed by atoms with Gasteiger partial charge in [-0.2, -0.15) is 5.10 Å². The second-order valence-corrected chi connectivity index (χ2v) is 7.36. The lowest BCUT2D eigenvalue weighted by atomic mass is 9.99. The van der Waals surface area contributed by atoms with Crippen molar-refractivity contribution in [2.24, 2.45) is 5.92 Å². The number of halogens is 2. The molecule has 1 fully saturated rings. The van der Waals surface area contributed by atoms with E-state index in [2.05, 4.69) is 46.1 Å². The topological polar surface area (TPSA) is 45.5 Å². The Morgan fingerprint density at radius 3 is 2.71 bits per heavy atom. The molecule has 7 heteroatoms. The molecule has 1 aliphatic rings. The van der Waals surface area contributed by atoms with Crippen LogP contribution in [0.5, 0.6) is 0 Å². The zero-order chi connectivity index (χ0) is 20.1. The molecule has 3 aromatic rings. The fourth-order valence-electron chi connectivity index (χ4n) is 3.41. The van der Waals surface area contributed by atoms with Gasteiger partial charge in [-0.3, -0.25) is 4.90 Å². The highest BCUT2D eigenvalue weighted by atomic mass is 35.5. The minimum Gasteiger partial charge on any atom is -0.338 e. The molecular formula is C21H23ClFN5. The molecule has 0 saturated carbocycles. The fraction of sp³-hybridized carbons (Fsp3) is 0.333. The average Bonchev–Trinajstić information content (AvgIpc) is 3.12. The molecule has 0 spiro atoms. The van der Waals surface area contributed by atoms with Crippen LogP contribution in [0.2, 0.25) is 5.02 Å². The number of benzene rings is 1. The Labute approximate surface area is 169 Å². The number of nitrogens with zero attached hydrogens (tertiary/aromatic N) is 4. The van der Waals surface area contributed by atoms with Crippen LogP contribution in [0.15, 0.2) is 36.8 Å². The Morgan fingerprint density at radius 1 is 1.25 bits per heavy atom. The van der Waals surface area contributed by atoms with E-state index < -0.39 is 5.82 Å². The Kier molecular flexibility index (Phi) is 6.50. The largest absolute Gasteiger partial charge is 0.338 e. The van der Waals surface area contributed by atoms with Crippen LogP contribution in [0, 0.1) is 24.6 Å². The van der Waals surface area contributed by atoms with Gasteiger partial charge < -0.3 is 5.32 Å². The van der Waals surface area contributed by atoms with E-state index in [1.54, 1.807) is 12.1 Å². The number of nitrogens with one attached hydrogen (secondary N) is 1. The second kappa shape index (κ2) is 9.05. The van der Waals surface area contributed by atoms with E-state index in [1.165, 1.54) is 30.8 Å². The summed E-state index contributed by atoms with van der Waals surface area (Å²) in [5, 5.41) is 7.63. The number of hydrogen-bond acceptors (Lipinski definition) is 4. The van der Waals surface area contributed by atoms with Crippen LogP contribution >= 0.6 is 11.6 Å². The van der Waals surface area contributed by atoms with Crippen molar-refractivity contribution in [1.29, 1.82) is 0 Å². The summed E-state index contributed by atoms with van der Waals surface area (Å²) in [7, 11) is 0. The molecule has 0 unspecified atom stereocenters. The van der Waals surface area contributed by atoms with Crippen molar-refractivity contribution >= 4 is 28.6 Å². The molecule has 4 rings (SSSR count). The van der Waals surface area contributed by atoms with Gasteiger partial charge in [0, 0.05) is 18.4 Å². The Morgan fingerprint density at radius 2 is 2.00 bits per heavy atom. The van der Waals surface area contributed by atoms with Crippen molar-refractivity contribution in [1.82, 2.24) is 19.5 Å². The summed E-state index contributed by atoms with van der Waals surface area (Å²) in [5.74, 6) is 1.06. The predicted molar refractivity (Wildman–Crippen MR) is 111 cm³/mol. The smallest absolute Gasteiger partial charge is 0.158 e. The first-order chi connectivity index (χ1) is 13.6. The van der Waals surface area contributed by atoms with Gasteiger partial charge in [0.05, 0.1) is 5.02 Å². The van der Waals surface area contributed by atoms with E-state index in [9.17, 15) is 4.39 Å². The maximum Gasteiger partial charge on any atom is 0.158 e. The number of rotatable bonds is 4. The van der Waals surface area contributed by atoms with Crippen molar-refractivity contribution in [3.63, 3.8) is 0 Å². The zero-order valence-electron chi connectivity index (χ0n) is 15.8. The highest BCUT2D eigenvalue weighted by molar-refractivity contribution is 6.31. The molecule has 0 aliphatic carbocycles. The van der Waals surface area contributed by atoms with Gasteiger partial charge in [-0.1, -0.05) is 18.5 Å². The molecule has 2 aromatic heterocycles. The summed E-state index contributed by atoms with van der Waals surface area (Å²) in [6, 6.07) is 6.64.